The number of hydrogen-bond acceptors (Lipinski definition) is 4. The molecule has 6 nitrogen and oxygen atoms in total. The lowest BCUT2D eigenvalue weighted by atomic mass is 10.2. The van der Waals surface area contributed by atoms with E-state index in [-0.39, 0.29) is 21.5 Å². The third kappa shape index (κ3) is 4.62. The number of amides is 1. The predicted octanol–water partition coefficient (Wildman–Crippen LogP) is 4.40. The first-order valence-electron chi connectivity index (χ1n) is 8.22. The molecule has 0 heterocycles. The Morgan fingerprint density at radius 3 is 2.25 bits per heavy atom. The van der Waals surface area contributed by atoms with Crippen molar-refractivity contribution in [3.8, 4) is 5.75 Å². The van der Waals surface area contributed by atoms with Crippen LogP contribution >= 0.6 is 11.6 Å². The number of benzene rings is 3. The quantitative estimate of drug-likeness (QED) is 0.623. The first-order valence-corrected chi connectivity index (χ1v) is 10.1. The lowest BCUT2D eigenvalue weighted by Gasteiger charge is -2.11. The Morgan fingerprint density at radius 1 is 0.964 bits per heavy atom. The Labute approximate surface area is 168 Å². The summed E-state index contributed by atoms with van der Waals surface area (Å²) in [6.45, 7) is 0. The zero-order valence-electron chi connectivity index (χ0n) is 14.8. The number of carbonyl (C=O) groups is 1. The smallest absolute Gasteiger partial charge is 0.261 e. The van der Waals surface area contributed by atoms with Crippen LogP contribution in [0.3, 0.4) is 0 Å². The lowest BCUT2D eigenvalue weighted by molar-refractivity contribution is 0.102. The number of hydrogen-bond donors (Lipinski definition) is 2. The van der Waals surface area contributed by atoms with Crippen molar-refractivity contribution >= 4 is 38.9 Å². The molecule has 0 aromatic heterocycles. The lowest BCUT2D eigenvalue weighted by Crippen LogP contribution is -2.14. The minimum atomic E-state index is -3.77. The van der Waals surface area contributed by atoms with Gasteiger partial charge in [0.05, 0.1) is 22.7 Å². The second kappa shape index (κ2) is 8.33. The normalized spacial score (nSPS) is 10.9. The van der Waals surface area contributed by atoms with Crippen molar-refractivity contribution in [3.05, 3.63) is 83.4 Å². The molecule has 0 aliphatic heterocycles. The van der Waals surface area contributed by atoms with Gasteiger partial charge in [-0.05, 0) is 54.6 Å². The number of nitrogens with one attached hydrogen (secondary N) is 2. The van der Waals surface area contributed by atoms with Crippen LogP contribution < -0.4 is 14.8 Å². The molecule has 8 heteroatoms. The van der Waals surface area contributed by atoms with Gasteiger partial charge in [-0.15, -0.1) is 0 Å². The van der Waals surface area contributed by atoms with Crippen LogP contribution in [-0.2, 0) is 10.0 Å². The van der Waals surface area contributed by atoms with Gasteiger partial charge in [-0.25, -0.2) is 8.42 Å². The summed E-state index contributed by atoms with van der Waals surface area (Å²) in [6, 6.07) is 19.2. The molecule has 3 aromatic rings. The maximum atomic E-state index is 12.4. The molecule has 144 valence electrons. The van der Waals surface area contributed by atoms with E-state index in [2.05, 4.69) is 10.0 Å². The van der Waals surface area contributed by atoms with Crippen molar-refractivity contribution in [2.75, 3.05) is 17.1 Å². The first-order chi connectivity index (χ1) is 13.4. The van der Waals surface area contributed by atoms with Crippen LogP contribution in [0.5, 0.6) is 5.75 Å². The maximum absolute atomic E-state index is 12.4. The Balaban J connectivity index is 1.75. The first kappa shape index (κ1) is 19.7. The largest absolute Gasteiger partial charge is 0.497 e. The Morgan fingerprint density at radius 2 is 1.64 bits per heavy atom. The number of methoxy groups -OCH3 is 1. The molecule has 0 unspecified atom stereocenters. The molecule has 0 saturated carbocycles. The van der Waals surface area contributed by atoms with E-state index in [1.807, 2.05) is 0 Å². The van der Waals surface area contributed by atoms with Crippen LogP contribution in [0.1, 0.15) is 10.4 Å². The minimum Gasteiger partial charge on any atom is -0.497 e. The highest BCUT2D eigenvalue weighted by Crippen LogP contribution is 2.26. The zero-order chi connectivity index (χ0) is 20.1. The van der Waals surface area contributed by atoms with E-state index in [0.29, 0.717) is 17.0 Å². The van der Waals surface area contributed by atoms with E-state index in [1.54, 1.807) is 49.6 Å². The Bertz CT molecular complexity index is 1080. The van der Waals surface area contributed by atoms with E-state index in [1.165, 1.54) is 30.3 Å². The molecule has 0 fully saturated rings. The summed E-state index contributed by atoms with van der Waals surface area (Å²) in [7, 11) is -2.21. The van der Waals surface area contributed by atoms with Gasteiger partial charge in [-0.2, -0.15) is 0 Å². The fourth-order valence-electron chi connectivity index (χ4n) is 2.42. The molecule has 28 heavy (non-hydrogen) atoms. The highest BCUT2D eigenvalue weighted by Gasteiger charge is 2.16. The fourth-order valence-corrected chi connectivity index (χ4v) is 3.80. The van der Waals surface area contributed by atoms with Gasteiger partial charge in [0.15, 0.2) is 0 Å². The number of sulfonamides is 1. The average molecular weight is 417 g/mol. The maximum Gasteiger partial charge on any atom is 0.261 e. The van der Waals surface area contributed by atoms with Crippen LogP contribution in [0, 0.1) is 0 Å². The third-order valence-electron chi connectivity index (χ3n) is 3.88. The summed E-state index contributed by atoms with van der Waals surface area (Å²) in [4.78, 5) is 12.5. The second-order valence-corrected chi connectivity index (χ2v) is 7.89. The topological polar surface area (TPSA) is 84.5 Å². The van der Waals surface area contributed by atoms with Crippen LogP contribution in [-0.4, -0.2) is 21.4 Å². The summed E-state index contributed by atoms with van der Waals surface area (Å²) in [5.74, 6) is 0.306. The molecule has 0 radical (unpaired) electrons. The van der Waals surface area contributed by atoms with Crippen LogP contribution in [0.2, 0.25) is 5.02 Å². The minimum absolute atomic E-state index is 0.113. The summed E-state index contributed by atoms with van der Waals surface area (Å²) < 4.78 is 32.3. The molecule has 0 saturated heterocycles. The summed E-state index contributed by atoms with van der Waals surface area (Å²) >= 11 is 6.19. The number of anilines is 2. The van der Waals surface area contributed by atoms with Crippen molar-refractivity contribution in [1.29, 1.82) is 0 Å². The van der Waals surface area contributed by atoms with E-state index >= 15 is 0 Å². The van der Waals surface area contributed by atoms with Crippen molar-refractivity contribution in [2.24, 2.45) is 0 Å². The Hall–Kier alpha value is -3.03. The molecular weight excluding hydrogens is 400 g/mol. The predicted molar refractivity (Wildman–Crippen MR) is 110 cm³/mol. The van der Waals surface area contributed by atoms with Crippen LogP contribution in [0.15, 0.2) is 77.7 Å². The van der Waals surface area contributed by atoms with Crippen molar-refractivity contribution in [3.63, 3.8) is 0 Å². The summed E-state index contributed by atoms with van der Waals surface area (Å²) in [5, 5.41) is 2.85. The zero-order valence-corrected chi connectivity index (χ0v) is 16.4. The molecule has 0 spiro atoms. The molecule has 2 N–H and O–H groups in total. The molecule has 1 amide bonds. The van der Waals surface area contributed by atoms with Gasteiger partial charge in [0.2, 0.25) is 0 Å². The van der Waals surface area contributed by atoms with Gasteiger partial charge in [-0.3, -0.25) is 9.52 Å². The highest BCUT2D eigenvalue weighted by atomic mass is 35.5. The molecule has 3 rings (SSSR count). The Kier molecular flexibility index (Phi) is 5.87. The number of rotatable bonds is 6. The van der Waals surface area contributed by atoms with Gasteiger partial charge < -0.3 is 10.1 Å². The van der Waals surface area contributed by atoms with Crippen molar-refractivity contribution in [2.45, 2.75) is 4.90 Å². The second-order valence-electron chi connectivity index (χ2n) is 5.80. The average Bonchev–Trinajstić information content (AvgIpc) is 2.70. The molecule has 0 atom stereocenters. The number of carbonyl (C=O) groups excluding carboxylic acids is 1. The monoisotopic (exact) mass is 416 g/mol. The SMILES string of the molecule is COc1ccc(NC(=O)c2ccc(NS(=O)(=O)c3ccccc3)c(Cl)c2)cc1. The standard InChI is InChI=1S/C20H17ClN2O4S/c1-27-16-10-8-15(9-11-16)22-20(24)14-7-12-19(18(21)13-14)23-28(25,26)17-5-3-2-4-6-17/h2-13,23H,1H3,(H,22,24). The number of halogens is 1. The molecular formula is C20H17ClN2O4S. The summed E-state index contributed by atoms with van der Waals surface area (Å²) in [6.07, 6.45) is 0. The molecule has 0 aliphatic rings. The van der Waals surface area contributed by atoms with Gasteiger partial charge in [0.1, 0.15) is 5.75 Å². The third-order valence-corrected chi connectivity index (χ3v) is 5.57. The van der Waals surface area contributed by atoms with Crippen LogP contribution in [0.25, 0.3) is 0 Å². The highest BCUT2D eigenvalue weighted by molar-refractivity contribution is 7.92. The molecule has 0 bridgehead atoms. The molecule has 3 aromatic carbocycles. The van der Waals surface area contributed by atoms with Gasteiger partial charge in [0, 0.05) is 11.3 Å². The van der Waals surface area contributed by atoms with Crippen molar-refractivity contribution in [1.82, 2.24) is 0 Å². The van der Waals surface area contributed by atoms with E-state index in [0.717, 1.165) is 0 Å². The van der Waals surface area contributed by atoms with Gasteiger partial charge in [-0.1, -0.05) is 29.8 Å². The van der Waals surface area contributed by atoms with E-state index < -0.39 is 10.0 Å². The van der Waals surface area contributed by atoms with Gasteiger partial charge in [0.25, 0.3) is 15.9 Å². The molecule has 0 aliphatic carbocycles. The van der Waals surface area contributed by atoms with Gasteiger partial charge >= 0.3 is 0 Å². The van der Waals surface area contributed by atoms with E-state index in [9.17, 15) is 13.2 Å². The number of ether oxygens (including phenoxy) is 1. The van der Waals surface area contributed by atoms with Crippen LogP contribution in [0.4, 0.5) is 11.4 Å². The fraction of sp³-hybridized carbons (Fsp3) is 0.0500. The van der Waals surface area contributed by atoms with E-state index in [4.69, 9.17) is 16.3 Å². The van der Waals surface area contributed by atoms with Crippen molar-refractivity contribution < 1.29 is 17.9 Å². The summed E-state index contributed by atoms with van der Waals surface area (Å²) in [5.41, 5.74) is 1.07.